The summed E-state index contributed by atoms with van der Waals surface area (Å²) in [6.45, 7) is 7.64. The Labute approximate surface area is 221 Å². The van der Waals surface area contributed by atoms with Gasteiger partial charge in [-0.3, -0.25) is 19.8 Å². The Morgan fingerprint density at radius 2 is 1.79 bits per heavy atom. The van der Waals surface area contributed by atoms with E-state index in [0.29, 0.717) is 24.3 Å². The zero-order chi connectivity index (χ0) is 28.7. The van der Waals surface area contributed by atoms with Crippen molar-refractivity contribution >= 4 is 17.9 Å². The van der Waals surface area contributed by atoms with Crippen molar-refractivity contribution in [3.63, 3.8) is 0 Å². The monoisotopic (exact) mass is 545 g/mol. The number of fused-ring (bicyclic) bond motifs is 1. The highest BCUT2D eigenvalue weighted by atomic mass is 19.4. The van der Waals surface area contributed by atoms with Crippen LogP contribution in [0.25, 0.3) is 0 Å². The molecular weight excluding hydrogens is 507 g/mol. The smallest absolute Gasteiger partial charge is 0.411 e. The van der Waals surface area contributed by atoms with Crippen LogP contribution in [-0.2, 0) is 20.7 Å². The van der Waals surface area contributed by atoms with Crippen LogP contribution in [0.2, 0.25) is 0 Å². The van der Waals surface area contributed by atoms with Crippen LogP contribution in [0.5, 0.6) is 5.75 Å². The lowest BCUT2D eigenvalue weighted by molar-refractivity contribution is -0.149. The molecular formula is C25H38F3N5O5. The second-order valence-electron chi connectivity index (χ2n) is 9.88. The molecule has 0 aliphatic carbocycles. The molecule has 0 fully saturated rings. The maximum atomic E-state index is 13.3. The molecule has 1 aliphatic rings. The first-order valence-corrected chi connectivity index (χ1v) is 12.4. The van der Waals surface area contributed by atoms with Crippen molar-refractivity contribution in [3.05, 3.63) is 29.3 Å². The lowest BCUT2D eigenvalue weighted by Crippen LogP contribution is -2.53. The lowest BCUT2D eigenvalue weighted by Gasteiger charge is -2.37. The third-order valence-corrected chi connectivity index (χ3v) is 5.86. The minimum absolute atomic E-state index is 0.0203. The van der Waals surface area contributed by atoms with Gasteiger partial charge in [0.25, 0.3) is 5.91 Å². The fraction of sp³-hybridized carbons (Fsp3) is 0.640. The maximum absolute atomic E-state index is 13.3. The molecule has 13 heteroatoms. The topological polar surface area (TPSA) is 121 Å². The predicted octanol–water partition coefficient (Wildman–Crippen LogP) is 2.24. The molecule has 0 spiro atoms. The largest absolute Gasteiger partial charge is 0.497 e. The van der Waals surface area contributed by atoms with Crippen LogP contribution >= 0.6 is 0 Å². The van der Waals surface area contributed by atoms with Crippen LogP contribution in [0.1, 0.15) is 51.8 Å². The summed E-state index contributed by atoms with van der Waals surface area (Å²) < 4.78 is 48.2. The van der Waals surface area contributed by atoms with E-state index in [-0.39, 0.29) is 25.3 Å². The molecule has 1 aliphatic heterocycles. The summed E-state index contributed by atoms with van der Waals surface area (Å²) in [5, 5.41) is 11.1. The Morgan fingerprint density at radius 1 is 1.11 bits per heavy atom. The molecule has 0 bridgehead atoms. The summed E-state index contributed by atoms with van der Waals surface area (Å²) in [7, 11) is 1.52. The highest BCUT2D eigenvalue weighted by Crippen LogP contribution is 2.33. The molecule has 2 unspecified atom stereocenters. The number of carbonyl (C=O) groups excluding carboxylic acids is 3. The fourth-order valence-electron chi connectivity index (χ4n) is 4.06. The highest BCUT2D eigenvalue weighted by molar-refractivity contribution is 5.90. The minimum atomic E-state index is -4.62. The average molecular weight is 546 g/mol. The summed E-state index contributed by atoms with van der Waals surface area (Å²) in [6.07, 6.45) is -5.21. The molecule has 2 rings (SSSR count). The van der Waals surface area contributed by atoms with Gasteiger partial charge in [0.2, 0.25) is 5.91 Å². The number of ether oxygens (including phenoxy) is 2. The van der Waals surface area contributed by atoms with Gasteiger partial charge in [-0.15, -0.1) is 0 Å². The second-order valence-corrected chi connectivity index (χ2v) is 9.88. The van der Waals surface area contributed by atoms with Gasteiger partial charge in [-0.1, -0.05) is 6.07 Å². The van der Waals surface area contributed by atoms with Crippen LogP contribution in [-0.4, -0.2) is 80.1 Å². The zero-order valence-corrected chi connectivity index (χ0v) is 22.6. The molecule has 2 atom stereocenters. The molecule has 0 aromatic heterocycles. The van der Waals surface area contributed by atoms with Crippen molar-refractivity contribution in [2.45, 2.75) is 71.1 Å². The number of amides is 3. The Bertz CT molecular complexity index is 987. The highest BCUT2D eigenvalue weighted by Gasteiger charge is 2.41. The van der Waals surface area contributed by atoms with Crippen molar-refractivity contribution in [3.8, 4) is 5.75 Å². The van der Waals surface area contributed by atoms with Crippen LogP contribution in [0.4, 0.5) is 18.0 Å². The third kappa shape index (κ3) is 9.05. The molecule has 1 aromatic rings. The van der Waals surface area contributed by atoms with E-state index in [1.807, 2.05) is 20.8 Å². The van der Waals surface area contributed by atoms with Crippen LogP contribution in [0.3, 0.4) is 0 Å². The van der Waals surface area contributed by atoms with Crippen molar-refractivity contribution in [1.82, 2.24) is 26.2 Å². The number of hydrogen-bond acceptors (Lipinski definition) is 7. The summed E-state index contributed by atoms with van der Waals surface area (Å²) >= 11 is 0. The first kappa shape index (κ1) is 31.2. The van der Waals surface area contributed by atoms with E-state index in [0.717, 1.165) is 5.56 Å². The molecule has 0 radical (unpaired) electrons. The molecule has 4 N–H and O–H groups in total. The zero-order valence-electron chi connectivity index (χ0n) is 22.6. The maximum Gasteiger partial charge on any atom is 0.411 e. The number of nitrogens with zero attached hydrogens (tertiary/aromatic N) is 1. The van der Waals surface area contributed by atoms with Crippen molar-refractivity contribution in [1.29, 1.82) is 0 Å². The normalized spacial score (nSPS) is 16.5. The van der Waals surface area contributed by atoms with E-state index in [1.54, 1.807) is 23.5 Å². The van der Waals surface area contributed by atoms with Gasteiger partial charge in [-0.05, 0) is 64.3 Å². The van der Waals surface area contributed by atoms with E-state index < -0.39 is 42.3 Å². The summed E-state index contributed by atoms with van der Waals surface area (Å²) in [6, 6.07) is 4.35. The standard InChI is InChI=1S/C25H38F3N5O5/c1-15(2)32-16(3)29-10-11-30-21(34)20-19-8-7-18(37-6)13-17(19)9-12-33(20)23(36)38-24(4,5)22(35)31-14-25(26,27)28/h7-8,13,15-16,20,29,32H,9-12,14H2,1-6H3,(H,30,34)(H,31,35). The number of nitrogens with one attached hydrogen (secondary N) is 4. The van der Waals surface area contributed by atoms with Crippen molar-refractivity contribution in [2.75, 3.05) is 33.3 Å². The summed E-state index contributed by atoms with van der Waals surface area (Å²) in [5.74, 6) is -0.975. The van der Waals surface area contributed by atoms with Gasteiger partial charge in [0.1, 0.15) is 18.3 Å². The third-order valence-electron chi connectivity index (χ3n) is 5.86. The Balaban J connectivity index is 2.17. The van der Waals surface area contributed by atoms with E-state index in [2.05, 4.69) is 16.0 Å². The number of benzene rings is 1. The SMILES string of the molecule is COc1ccc2c(c1)CCN(C(=O)OC(C)(C)C(=O)NCC(F)(F)F)C2C(=O)NCCNC(C)NC(C)C. The van der Waals surface area contributed by atoms with E-state index in [1.165, 1.54) is 25.9 Å². The quantitative estimate of drug-likeness (QED) is 0.249. The van der Waals surface area contributed by atoms with Gasteiger partial charge in [-0.25, -0.2) is 4.79 Å². The van der Waals surface area contributed by atoms with E-state index in [9.17, 15) is 27.6 Å². The molecule has 3 amide bonds. The van der Waals surface area contributed by atoms with Crippen molar-refractivity contribution in [2.24, 2.45) is 0 Å². The number of carbonyl (C=O) groups is 3. The second kappa shape index (κ2) is 13.1. The molecule has 1 aromatic carbocycles. The molecule has 1 heterocycles. The average Bonchev–Trinajstić information content (AvgIpc) is 2.82. The number of methoxy groups -OCH3 is 1. The molecule has 10 nitrogen and oxygen atoms in total. The molecule has 214 valence electrons. The number of alkyl halides is 3. The molecule has 38 heavy (non-hydrogen) atoms. The van der Waals surface area contributed by atoms with Crippen molar-refractivity contribution < 1.29 is 37.0 Å². The number of hydrogen-bond donors (Lipinski definition) is 4. The Hall–Kier alpha value is -3.06. The van der Waals surface area contributed by atoms with Gasteiger partial charge >= 0.3 is 12.3 Å². The Kier molecular flexibility index (Phi) is 10.8. The van der Waals surface area contributed by atoms with Gasteiger partial charge in [0.15, 0.2) is 5.60 Å². The van der Waals surface area contributed by atoms with Gasteiger partial charge in [-0.2, -0.15) is 13.2 Å². The summed E-state index contributed by atoms with van der Waals surface area (Å²) in [5.41, 5.74) is -0.537. The van der Waals surface area contributed by atoms with Gasteiger partial charge in [0, 0.05) is 25.7 Å². The van der Waals surface area contributed by atoms with Gasteiger partial charge in [0.05, 0.1) is 13.3 Å². The number of rotatable bonds is 11. The Morgan fingerprint density at radius 3 is 2.39 bits per heavy atom. The number of halogens is 3. The van der Waals surface area contributed by atoms with E-state index >= 15 is 0 Å². The van der Waals surface area contributed by atoms with Crippen LogP contribution in [0.15, 0.2) is 18.2 Å². The molecule has 0 saturated heterocycles. The molecule has 0 saturated carbocycles. The minimum Gasteiger partial charge on any atom is -0.497 e. The summed E-state index contributed by atoms with van der Waals surface area (Å²) in [4.78, 5) is 40.0. The van der Waals surface area contributed by atoms with Crippen LogP contribution < -0.4 is 26.0 Å². The first-order valence-electron chi connectivity index (χ1n) is 12.4. The lowest BCUT2D eigenvalue weighted by atomic mass is 9.92. The van der Waals surface area contributed by atoms with Crippen LogP contribution in [0, 0.1) is 0 Å². The fourth-order valence-corrected chi connectivity index (χ4v) is 4.06. The van der Waals surface area contributed by atoms with E-state index in [4.69, 9.17) is 9.47 Å². The predicted molar refractivity (Wildman–Crippen MR) is 135 cm³/mol. The van der Waals surface area contributed by atoms with Gasteiger partial charge < -0.3 is 25.4 Å². The first-order chi connectivity index (χ1) is 17.6.